The molecule has 2 aliphatic heterocycles. The number of rotatable bonds is 6. The number of carbonyl (C=O) groups is 2. The first-order chi connectivity index (χ1) is 16.0. The van der Waals surface area contributed by atoms with Gasteiger partial charge in [0.15, 0.2) is 11.6 Å². The van der Waals surface area contributed by atoms with E-state index in [1.54, 1.807) is 0 Å². The van der Waals surface area contributed by atoms with Gasteiger partial charge in [0, 0.05) is 16.7 Å². The molecular formula is C27H40O7. The Labute approximate surface area is 201 Å². The largest absolute Gasteiger partial charge is 0.461 e. The normalized spacial score (nSPS) is 51.4. The maximum absolute atomic E-state index is 13.4. The molecular weight excluding hydrogens is 436 g/mol. The summed E-state index contributed by atoms with van der Waals surface area (Å²) in [5, 5.41) is 34.6. The van der Waals surface area contributed by atoms with E-state index in [0.29, 0.717) is 12.8 Å². The molecule has 5 aliphatic rings. The molecule has 2 bridgehead atoms. The van der Waals surface area contributed by atoms with Crippen molar-refractivity contribution in [2.45, 2.75) is 96.7 Å². The van der Waals surface area contributed by atoms with E-state index in [4.69, 9.17) is 9.47 Å². The Kier molecular flexibility index (Phi) is 5.83. The number of ketones is 1. The number of aliphatic hydroxyl groups is 3. The highest BCUT2D eigenvalue weighted by atomic mass is 16.6. The van der Waals surface area contributed by atoms with E-state index in [2.05, 4.69) is 6.92 Å². The number of fused-ring (bicyclic) bond motifs is 1. The van der Waals surface area contributed by atoms with Crippen LogP contribution >= 0.6 is 0 Å². The van der Waals surface area contributed by atoms with Crippen molar-refractivity contribution in [2.24, 2.45) is 40.4 Å². The van der Waals surface area contributed by atoms with E-state index in [9.17, 15) is 24.9 Å². The molecule has 0 aromatic heterocycles. The lowest BCUT2D eigenvalue weighted by atomic mass is 9.37. The molecule has 190 valence electrons. The molecule has 4 fully saturated rings. The summed E-state index contributed by atoms with van der Waals surface area (Å²) >= 11 is 0. The van der Waals surface area contributed by atoms with E-state index < -0.39 is 46.8 Å². The van der Waals surface area contributed by atoms with Crippen LogP contribution in [0.2, 0.25) is 0 Å². The third-order valence-electron chi connectivity index (χ3n) is 10.4. The highest BCUT2D eigenvalue weighted by Gasteiger charge is 2.82. The van der Waals surface area contributed by atoms with Gasteiger partial charge in [0.1, 0.15) is 18.3 Å². The van der Waals surface area contributed by atoms with Crippen molar-refractivity contribution in [3.63, 3.8) is 0 Å². The molecule has 2 saturated heterocycles. The van der Waals surface area contributed by atoms with Gasteiger partial charge in [-0.2, -0.15) is 0 Å². The molecule has 3 N–H and O–H groups in total. The summed E-state index contributed by atoms with van der Waals surface area (Å²) in [6.45, 7) is 7.93. The van der Waals surface area contributed by atoms with Crippen LogP contribution in [0, 0.1) is 40.4 Å². The molecule has 3 aliphatic carbocycles. The van der Waals surface area contributed by atoms with Crippen LogP contribution < -0.4 is 0 Å². The van der Waals surface area contributed by atoms with Gasteiger partial charge in [-0.1, -0.05) is 58.4 Å². The predicted octanol–water partition coefficient (Wildman–Crippen LogP) is 2.75. The monoisotopic (exact) mass is 476 g/mol. The molecule has 5 rings (SSSR count). The zero-order valence-electron chi connectivity index (χ0n) is 20.8. The summed E-state index contributed by atoms with van der Waals surface area (Å²) < 4.78 is 12.2. The van der Waals surface area contributed by atoms with E-state index in [-0.39, 0.29) is 36.1 Å². The van der Waals surface area contributed by atoms with Crippen LogP contribution in [0.25, 0.3) is 0 Å². The average molecular weight is 477 g/mol. The Bertz CT molecular complexity index is 899. The second kappa shape index (κ2) is 8.12. The number of carbonyl (C=O) groups excluding carboxylic acids is 2. The van der Waals surface area contributed by atoms with Gasteiger partial charge in [-0.25, -0.2) is 0 Å². The Morgan fingerprint density at radius 1 is 1.15 bits per heavy atom. The molecule has 0 aromatic rings. The van der Waals surface area contributed by atoms with Crippen LogP contribution in [0.4, 0.5) is 0 Å². The van der Waals surface area contributed by atoms with Gasteiger partial charge in [0.2, 0.25) is 0 Å². The zero-order chi connectivity index (χ0) is 24.6. The minimum absolute atomic E-state index is 0.149. The molecule has 0 aromatic carbocycles. The average Bonchev–Trinajstić information content (AvgIpc) is 3.08. The van der Waals surface area contributed by atoms with E-state index in [1.165, 1.54) is 12.5 Å². The fourth-order valence-corrected chi connectivity index (χ4v) is 9.08. The standard InChI is InChI=1S/C27H40O7/c1-5-6-7-8-9-10-16-20-15(3)21(29)27(32)24-25(4)17(14(2)11-18(28)22(25)30)12-19(34-23(16)31)26(20,24)13-33-27/h11,15-17,19-22,24,29-30,32H,5-10,12-13H2,1-4H3. The smallest absolute Gasteiger partial charge is 0.309 e. The van der Waals surface area contributed by atoms with Gasteiger partial charge in [-0.05, 0) is 43.6 Å². The summed E-state index contributed by atoms with van der Waals surface area (Å²) in [4.78, 5) is 26.2. The molecule has 7 nitrogen and oxygen atoms in total. The lowest BCUT2D eigenvalue weighted by molar-refractivity contribution is -0.337. The number of unbranched alkanes of at least 4 members (excludes halogenated alkanes) is 4. The molecule has 0 amide bonds. The van der Waals surface area contributed by atoms with Crippen LogP contribution in [-0.4, -0.2) is 57.8 Å². The third-order valence-corrected chi connectivity index (χ3v) is 10.4. The second-order valence-electron chi connectivity index (χ2n) is 12.0. The summed E-state index contributed by atoms with van der Waals surface area (Å²) in [5.74, 6) is -4.53. The Morgan fingerprint density at radius 3 is 2.56 bits per heavy atom. The van der Waals surface area contributed by atoms with Crippen LogP contribution in [-0.2, 0) is 19.1 Å². The Hall–Kier alpha value is -1.28. The Balaban J connectivity index is 1.60. The first-order valence-corrected chi connectivity index (χ1v) is 13.2. The zero-order valence-corrected chi connectivity index (χ0v) is 20.8. The molecule has 0 radical (unpaired) electrons. The highest BCUT2D eigenvalue weighted by Crippen LogP contribution is 2.74. The van der Waals surface area contributed by atoms with Crippen LogP contribution in [0.5, 0.6) is 0 Å². The highest BCUT2D eigenvalue weighted by molar-refractivity contribution is 5.96. The number of aliphatic hydroxyl groups excluding tert-OH is 2. The molecule has 1 spiro atoms. The van der Waals surface area contributed by atoms with Crippen molar-refractivity contribution in [3.8, 4) is 0 Å². The minimum atomic E-state index is -1.91. The predicted molar refractivity (Wildman–Crippen MR) is 123 cm³/mol. The maximum atomic E-state index is 13.4. The summed E-state index contributed by atoms with van der Waals surface area (Å²) in [7, 11) is 0. The number of hydrogen-bond donors (Lipinski definition) is 3. The number of esters is 1. The Morgan fingerprint density at radius 2 is 1.85 bits per heavy atom. The lowest BCUT2D eigenvalue weighted by Crippen LogP contribution is -2.77. The maximum Gasteiger partial charge on any atom is 0.309 e. The van der Waals surface area contributed by atoms with Crippen molar-refractivity contribution in [2.75, 3.05) is 6.61 Å². The van der Waals surface area contributed by atoms with E-state index in [0.717, 1.165) is 31.3 Å². The molecule has 11 unspecified atom stereocenters. The van der Waals surface area contributed by atoms with Crippen molar-refractivity contribution < 1.29 is 34.4 Å². The van der Waals surface area contributed by atoms with Gasteiger partial charge in [0.25, 0.3) is 0 Å². The molecule has 7 heteroatoms. The van der Waals surface area contributed by atoms with Crippen molar-refractivity contribution in [3.05, 3.63) is 11.6 Å². The fraction of sp³-hybridized carbons (Fsp3) is 0.852. The second-order valence-corrected chi connectivity index (χ2v) is 12.0. The van der Waals surface area contributed by atoms with Gasteiger partial charge in [-0.15, -0.1) is 0 Å². The van der Waals surface area contributed by atoms with Crippen molar-refractivity contribution in [1.29, 1.82) is 0 Å². The van der Waals surface area contributed by atoms with E-state index in [1.807, 2.05) is 20.8 Å². The van der Waals surface area contributed by atoms with Gasteiger partial charge in [-0.3, -0.25) is 9.59 Å². The minimum Gasteiger partial charge on any atom is -0.461 e. The summed E-state index contributed by atoms with van der Waals surface area (Å²) in [5.41, 5.74) is -0.971. The number of allylic oxidation sites excluding steroid dienone is 1. The topological polar surface area (TPSA) is 113 Å². The van der Waals surface area contributed by atoms with Crippen LogP contribution in [0.3, 0.4) is 0 Å². The lowest BCUT2D eigenvalue weighted by Gasteiger charge is -2.68. The fourth-order valence-electron chi connectivity index (χ4n) is 9.08. The third kappa shape index (κ3) is 2.90. The first kappa shape index (κ1) is 24.4. The molecule has 2 heterocycles. The quantitative estimate of drug-likeness (QED) is 0.399. The van der Waals surface area contributed by atoms with Gasteiger partial charge >= 0.3 is 5.97 Å². The summed E-state index contributed by atoms with van der Waals surface area (Å²) in [6.07, 6.45) is 4.98. The van der Waals surface area contributed by atoms with Crippen LogP contribution in [0.1, 0.15) is 72.6 Å². The molecule has 34 heavy (non-hydrogen) atoms. The van der Waals surface area contributed by atoms with E-state index >= 15 is 0 Å². The molecule has 2 saturated carbocycles. The number of ether oxygens (including phenoxy) is 2. The van der Waals surface area contributed by atoms with Gasteiger partial charge in [0.05, 0.1) is 12.5 Å². The molecule has 11 atom stereocenters. The number of hydrogen-bond acceptors (Lipinski definition) is 7. The van der Waals surface area contributed by atoms with Crippen molar-refractivity contribution >= 4 is 11.8 Å². The first-order valence-electron chi connectivity index (χ1n) is 13.2. The SMILES string of the molecule is CCCCCCCC1C(=O)OC2CC3C(C)=CC(=O)C(O)C3(C)C3C4(O)OCC23C1C(C)C4O. The van der Waals surface area contributed by atoms with Crippen LogP contribution in [0.15, 0.2) is 11.6 Å². The van der Waals surface area contributed by atoms with Crippen molar-refractivity contribution in [1.82, 2.24) is 0 Å². The van der Waals surface area contributed by atoms with Gasteiger partial charge < -0.3 is 24.8 Å². The summed E-state index contributed by atoms with van der Waals surface area (Å²) in [6, 6.07) is 0.